The molecule has 0 saturated carbocycles. The number of primary sulfonamides is 1. The molecule has 0 aliphatic carbocycles. The molecule has 3 rings (SSSR count). The van der Waals surface area contributed by atoms with Crippen molar-refractivity contribution in [2.45, 2.75) is 44.6 Å². The largest absolute Gasteiger partial charge is 0.465 e. The van der Waals surface area contributed by atoms with Gasteiger partial charge < -0.3 is 9.30 Å². The lowest BCUT2D eigenvalue weighted by Crippen LogP contribution is -2.23. The number of hydrogen-bond acceptors (Lipinski definition) is 6. The molecule has 0 aliphatic heterocycles. The van der Waals surface area contributed by atoms with Crippen LogP contribution in [0.1, 0.15) is 37.8 Å². The van der Waals surface area contributed by atoms with Crippen LogP contribution >= 0.6 is 11.3 Å². The molecule has 0 fully saturated rings. The predicted molar refractivity (Wildman–Crippen MR) is 123 cm³/mol. The first-order valence-electron chi connectivity index (χ1n) is 10.1. The Hall–Kier alpha value is -2.82. The van der Waals surface area contributed by atoms with E-state index in [0.717, 1.165) is 16.9 Å². The summed E-state index contributed by atoms with van der Waals surface area (Å²) in [6, 6.07) is 12.1. The minimum atomic E-state index is -3.89. The third-order valence-electron chi connectivity index (χ3n) is 4.80. The molecule has 0 aliphatic rings. The lowest BCUT2D eigenvalue weighted by atomic mass is 10.0. The summed E-state index contributed by atoms with van der Waals surface area (Å²) in [7, 11) is -3.89. The number of aromatic nitrogens is 1. The van der Waals surface area contributed by atoms with Crippen LogP contribution in [0.25, 0.3) is 10.2 Å². The predicted octanol–water partition coefficient (Wildman–Crippen LogP) is 2.71. The highest BCUT2D eigenvalue weighted by Crippen LogP contribution is 2.21. The van der Waals surface area contributed by atoms with Gasteiger partial charge in [0.25, 0.3) is 5.91 Å². The molecule has 0 unspecified atom stereocenters. The highest BCUT2D eigenvalue weighted by atomic mass is 32.2. The summed E-state index contributed by atoms with van der Waals surface area (Å²) in [5.41, 5.74) is 2.57. The molecule has 0 saturated heterocycles. The van der Waals surface area contributed by atoms with E-state index >= 15 is 0 Å². The zero-order chi connectivity index (χ0) is 23.5. The molecule has 0 radical (unpaired) electrons. The van der Waals surface area contributed by atoms with Gasteiger partial charge in [0, 0.05) is 0 Å². The molecule has 0 atom stereocenters. The Kier molecular flexibility index (Phi) is 7.27. The number of nitrogens with zero attached hydrogens (tertiary/aromatic N) is 2. The zero-order valence-corrected chi connectivity index (χ0v) is 19.7. The van der Waals surface area contributed by atoms with E-state index in [1.807, 2.05) is 24.3 Å². The van der Waals surface area contributed by atoms with Crippen molar-refractivity contribution >= 4 is 43.5 Å². The Morgan fingerprint density at radius 1 is 1.16 bits per heavy atom. The lowest BCUT2D eigenvalue weighted by molar-refractivity contribution is -0.143. The van der Waals surface area contributed by atoms with Gasteiger partial charge in [0.2, 0.25) is 10.0 Å². The normalized spacial score (nSPS) is 12.5. The van der Waals surface area contributed by atoms with E-state index in [1.54, 1.807) is 17.6 Å². The van der Waals surface area contributed by atoms with Crippen LogP contribution in [-0.2, 0) is 37.3 Å². The standard InChI is InChI=1S/C22H25N3O5S2/c1-4-30-21(27)13-25-18-10-9-17(32(23,28)29)12-19(18)31-22(25)24-20(26)11-15-5-7-16(8-6-15)14(2)3/h5-10,12,14H,4,11,13H2,1-3H3,(H2,23,28,29). The molecule has 1 amide bonds. The van der Waals surface area contributed by atoms with Crippen molar-refractivity contribution in [2.24, 2.45) is 10.1 Å². The Balaban J connectivity index is 2.00. The first kappa shape index (κ1) is 23.8. The number of carbonyl (C=O) groups excluding carboxylic acids is 2. The number of nitrogens with two attached hydrogens (primary N) is 1. The number of carbonyl (C=O) groups is 2. The molecule has 2 aromatic carbocycles. The maximum absolute atomic E-state index is 12.7. The average Bonchev–Trinajstić information content (AvgIpc) is 3.04. The van der Waals surface area contributed by atoms with Gasteiger partial charge in [-0.25, -0.2) is 13.6 Å². The van der Waals surface area contributed by atoms with E-state index in [2.05, 4.69) is 18.8 Å². The number of esters is 1. The van der Waals surface area contributed by atoms with Gasteiger partial charge in [-0.15, -0.1) is 0 Å². The minimum Gasteiger partial charge on any atom is -0.465 e. The van der Waals surface area contributed by atoms with Gasteiger partial charge in [-0.05, 0) is 42.2 Å². The van der Waals surface area contributed by atoms with Crippen LogP contribution in [0.2, 0.25) is 0 Å². The maximum atomic E-state index is 12.7. The molecule has 1 aromatic heterocycles. The SMILES string of the molecule is CCOC(=O)Cn1c(=NC(=O)Cc2ccc(C(C)C)cc2)sc2cc(S(N)(=O)=O)ccc21. The second kappa shape index (κ2) is 9.76. The van der Waals surface area contributed by atoms with Crippen LogP contribution < -0.4 is 9.94 Å². The van der Waals surface area contributed by atoms with Crippen LogP contribution in [0.5, 0.6) is 0 Å². The number of thiazole rings is 1. The van der Waals surface area contributed by atoms with Crippen molar-refractivity contribution in [1.82, 2.24) is 4.57 Å². The van der Waals surface area contributed by atoms with Crippen molar-refractivity contribution in [2.75, 3.05) is 6.61 Å². The Labute approximate surface area is 190 Å². The fourth-order valence-corrected chi connectivity index (χ4v) is 4.85. The summed E-state index contributed by atoms with van der Waals surface area (Å²) in [6.45, 7) is 5.96. The summed E-state index contributed by atoms with van der Waals surface area (Å²) in [5.74, 6) is -0.467. The molecular formula is C22H25N3O5S2. The Morgan fingerprint density at radius 3 is 2.44 bits per heavy atom. The number of ether oxygens (including phenoxy) is 1. The Morgan fingerprint density at radius 2 is 1.84 bits per heavy atom. The monoisotopic (exact) mass is 475 g/mol. The van der Waals surface area contributed by atoms with Crippen molar-refractivity contribution < 1.29 is 22.7 Å². The second-order valence-electron chi connectivity index (χ2n) is 7.53. The van der Waals surface area contributed by atoms with Crippen LogP contribution in [0.4, 0.5) is 0 Å². The number of benzene rings is 2. The minimum absolute atomic E-state index is 0.0577. The van der Waals surface area contributed by atoms with Crippen molar-refractivity contribution in [3.8, 4) is 0 Å². The first-order valence-corrected chi connectivity index (χ1v) is 12.4. The number of sulfonamides is 1. The number of amides is 1. The molecule has 1 heterocycles. The number of fused-ring (bicyclic) bond motifs is 1. The third kappa shape index (κ3) is 5.70. The van der Waals surface area contributed by atoms with Gasteiger partial charge in [0.05, 0.1) is 28.1 Å². The van der Waals surface area contributed by atoms with E-state index in [9.17, 15) is 18.0 Å². The van der Waals surface area contributed by atoms with Gasteiger partial charge in [-0.2, -0.15) is 4.99 Å². The molecule has 0 spiro atoms. The second-order valence-corrected chi connectivity index (χ2v) is 10.1. The van der Waals surface area contributed by atoms with Gasteiger partial charge in [0.1, 0.15) is 6.54 Å². The number of rotatable bonds is 7. The summed E-state index contributed by atoms with van der Waals surface area (Å²) in [4.78, 5) is 29.2. The van der Waals surface area contributed by atoms with Crippen molar-refractivity contribution in [3.63, 3.8) is 0 Å². The van der Waals surface area contributed by atoms with Crippen LogP contribution in [0.3, 0.4) is 0 Å². The zero-order valence-electron chi connectivity index (χ0n) is 18.1. The smallest absolute Gasteiger partial charge is 0.326 e. The van der Waals surface area contributed by atoms with Gasteiger partial charge in [-0.1, -0.05) is 49.4 Å². The lowest BCUT2D eigenvalue weighted by Gasteiger charge is -2.06. The molecule has 32 heavy (non-hydrogen) atoms. The summed E-state index contributed by atoms with van der Waals surface area (Å²) in [6.07, 6.45) is 0.106. The van der Waals surface area contributed by atoms with Crippen molar-refractivity contribution in [1.29, 1.82) is 0 Å². The fourth-order valence-electron chi connectivity index (χ4n) is 3.15. The highest BCUT2D eigenvalue weighted by Gasteiger charge is 2.15. The molecule has 170 valence electrons. The first-order chi connectivity index (χ1) is 15.1. The topological polar surface area (TPSA) is 121 Å². The van der Waals surface area contributed by atoms with Gasteiger partial charge in [-0.3, -0.25) is 9.59 Å². The molecular weight excluding hydrogens is 450 g/mol. The van der Waals surface area contributed by atoms with E-state index < -0.39 is 16.0 Å². The van der Waals surface area contributed by atoms with E-state index in [0.29, 0.717) is 16.1 Å². The molecule has 2 N–H and O–H groups in total. The molecule has 0 bridgehead atoms. The highest BCUT2D eigenvalue weighted by molar-refractivity contribution is 7.89. The van der Waals surface area contributed by atoms with E-state index in [-0.39, 0.29) is 35.2 Å². The fraction of sp³-hybridized carbons (Fsp3) is 0.318. The van der Waals surface area contributed by atoms with E-state index in [4.69, 9.17) is 9.88 Å². The number of hydrogen-bond donors (Lipinski definition) is 1. The summed E-state index contributed by atoms with van der Waals surface area (Å²) < 4.78 is 30.5. The van der Waals surface area contributed by atoms with E-state index in [1.165, 1.54) is 17.7 Å². The van der Waals surface area contributed by atoms with Gasteiger partial charge >= 0.3 is 5.97 Å². The molecule has 3 aromatic rings. The summed E-state index contributed by atoms with van der Waals surface area (Å²) >= 11 is 1.11. The van der Waals surface area contributed by atoms with Crippen LogP contribution in [0.15, 0.2) is 52.4 Å². The molecule has 8 nitrogen and oxygen atoms in total. The molecule has 10 heteroatoms. The maximum Gasteiger partial charge on any atom is 0.326 e. The third-order valence-corrected chi connectivity index (χ3v) is 6.75. The van der Waals surface area contributed by atoms with Gasteiger partial charge in [0.15, 0.2) is 4.80 Å². The van der Waals surface area contributed by atoms with Crippen LogP contribution in [-0.4, -0.2) is 31.5 Å². The Bertz CT molecular complexity index is 1320. The summed E-state index contributed by atoms with van der Waals surface area (Å²) in [5, 5.41) is 5.23. The van der Waals surface area contributed by atoms with Crippen LogP contribution in [0, 0.1) is 0 Å². The van der Waals surface area contributed by atoms with Crippen molar-refractivity contribution in [3.05, 3.63) is 58.4 Å². The average molecular weight is 476 g/mol. The quantitative estimate of drug-likeness (QED) is 0.527.